The van der Waals surface area contributed by atoms with Gasteiger partial charge in [-0.15, -0.1) is 0 Å². The van der Waals surface area contributed by atoms with Gasteiger partial charge in [0.15, 0.2) is 0 Å². The summed E-state index contributed by atoms with van der Waals surface area (Å²) in [6, 6.07) is 3.62. The lowest BCUT2D eigenvalue weighted by molar-refractivity contribution is 0.418. The number of aromatic nitrogens is 2. The molecule has 2 aromatic rings. The number of allylic oxidation sites excluding steroid dienone is 2. The minimum Gasteiger partial charge on any atom is -0.494 e. The van der Waals surface area contributed by atoms with Gasteiger partial charge in [-0.3, -0.25) is 9.36 Å². The molecule has 0 radical (unpaired) electrons. The Morgan fingerprint density at radius 1 is 1.50 bits per heavy atom. The maximum atomic E-state index is 12.6. The number of nitrogens with zero attached hydrogens (tertiary/aromatic N) is 2. The van der Waals surface area contributed by atoms with Crippen LogP contribution in [0, 0.1) is 5.92 Å². The van der Waals surface area contributed by atoms with E-state index in [1.807, 2.05) is 6.07 Å². The SMILES string of the molecule is COc1cc(Br)cc2c(=O)n(CC3C=CCC3)cnc12. The lowest BCUT2D eigenvalue weighted by atomic mass is 10.1. The van der Waals surface area contributed by atoms with E-state index in [9.17, 15) is 4.79 Å². The Balaban J connectivity index is 2.10. The van der Waals surface area contributed by atoms with Crippen molar-refractivity contribution in [2.75, 3.05) is 7.11 Å². The highest BCUT2D eigenvalue weighted by Gasteiger charge is 2.14. The molecule has 0 spiro atoms. The molecule has 0 saturated heterocycles. The molecule has 0 aliphatic heterocycles. The van der Waals surface area contributed by atoms with Crippen molar-refractivity contribution in [3.05, 3.63) is 45.4 Å². The first-order valence-corrected chi connectivity index (χ1v) is 7.37. The molecule has 1 unspecified atom stereocenters. The molecule has 1 heterocycles. The molecule has 1 aromatic heterocycles. The number of methoxy groups -OCH3 is 1. The van der Waals surface area contributed by atoms with Crippen molar-refractivity contribution in [1.29, 1.82) is 0 Å². The molecule has 0 saturated carbocycles. The Hall–Kier alpha value is -1.62. The van der Waals surface area contributed by atoms with E-state index < -0.39 is 0 Å². The Bertz CT molecular complexity index is 736. The highest BCUT2D eigenvalue weighted by molar-refractivity contribution is 9.10. The number of fused-ring (bicyclic) bond motifs is 1. The molecule has 0 amide bonds. The average Bonchev–Trinajstić information content (AvgIpc) is 2.94. The van der Waals surface area contributed by atoms with Gasteiger partial charge in [0, 0.05) is 11.0 Å². The van der Waals surface area contributed by atoms with Crippen LogP contribution in [-0.2, 0) is 6.54 Å². The number of ether oxygens (including phenoxy) is 1. The molecular weight excluding hydrogens is 320 g/mol. The Morgan fingerprint density at radius 3 is 3.05 bits per heavy atom. The van der Waals surface area contributed by atoms with Gasteiger partial charge in [-0.25, -0.2) is 4.98 Å². The minimum atomic E-state index is -0.0186. The maximum Gasteiger partial charge on any atom is 0.261 e. The zero-order valence-corrected chi connectivity index (χ0v) is 12.8. The van der Waals surface area contributed by atoms with E-state index in [-0.39, 0.29) is 5.56 Å². The van der Waals surface area contributed by atoms with Gasteiger partial charge in [-0.05, 0) is 30.9 Å². The smallest absolute Gasteiger partial charge is 0.261 e. The number of halogens is 1. The summed E-state index contributed by atoms with van der Waals surface area (Å²) in [5.41, 5.74) is 0.591. The number of hydrogen-bond acceptors (Lipinski definition) is 3. The Kier molecular flexibility index (Phi) is 3.61. The second-order valence-electron chi connectivity index (χ2n) is 4.97. The second kappa shape index (κ2) is 5.40. The summed E-state index contributed by atoms with van der Waals surface area (Å²) in [6.07, 6.45) is 8.17. The monoisotopic (exact) mass is 334 g/mol. The third-order valence-electron chi connectivity index (χ3n) is 3.62. The highest BCUT2D eigenvalue weighted by atomic mass is 79.9. The average molecular weight is 335 g/mol. The molecule has 20 heavy (non-hydrogen) atoms. The van der Waals surface area contributed by atoms with E-state index in [4.69, 9.17) is 4.74 Å². The first kappa shape index (κ1) is 13.4. The van der Waals surface area contributed by atoms with Crippen molar-refractivity contribution in [3.63, 3.8) is 0 Å². The first-order chi connectivity index (χ1) is 9.69. The van der Waals surface area contributed by atoms with Crippen molar-refractivity contribution in [2.45, 2.75) is 19.4 Å². The second-order valence-corrected chi connectivity index (χ2v) is 5.89. The topological polar surface area (TPSA) is 44.1 Å². The van der Waals surface area contributed by atoms with E-state index in [0.717, 1.165) is 17.3 Å². The van der Waals surface area contributed by atoms with Gasteiger partial charge in [0.25, 0.3) is 5.56 Å². The fraction of sp³-hybridized carbons (Fsp3) is 0.333. The quantitative estimate of drug-likeness (QED) is 0.810. The molecule has 0 fully saturated rings. The highest BCUT2D eigenvalue weighted by Crippen LogP contribution is 2.26. The van der Waals surface area contributed by atoms with Crippen LogP contribution in [0.4, 0.5) is 0 Å². The van der Waals surface area contributed by atoms with E-state index in [0.29, 0.717) is 29.1 Å². The van der Waals surface area contributed by atoms with Gasteiger partial charge >= 0.3 is 0 Å². The largest absolute Gasteiger partial charge is 0.494 e. The normalized spacial score (nSPS) is 17.8. The number of benzene rings is 1. The summed E-state index contributed by atoms with van der Waals surface area (Å²) in [7, 11) is 1.58. The third-order valence-corrected chi connectivity index (χ3v) is 4.08. The molecule has 3 rings (SSSR count). The third kappa shape index (κ3) is 2.38. The maximum absolute atomic E-state index is 12.6. The Morgan fingerprint density at radius 2 is 2.35 bits per heavy atom. The molecule has 1 aliphatic carbocycles. The zero-order valence-electron chi connectivity index (χ0n) is 11.2. The summed E-state index contributed by atoms with van der Waals surface area (Å²) in [6.45, 7) is 0.688. The van der Waals surface area contributed by atoms with Crippen LogP contribution in [0.25, 0.3) is 10.9 Å². The van der Waals surface area contributed by atoms with Gasteiger partial charge in [-0.2, -0.15) is 0 Å². The fourth-order valence-electron chi connectivity index (χ4n) is 2.59. The van der Waals surface area contributed by atoms with Gasteiger partial charge in [-0.1, -0.05) is 28.1 Å². The van der Waals surface area contributed by atoms with E-state index in [2.05, 4.69) is 33.1 Å². The summed E-state index contributed by atoms with van der Waals surface area (Å²) in [5.74, 6) is 1.04. The van der Waals surface area contributed by atoms with Crippen LogP contribution in [0.5, 0.6) is 5.75 Å². The molecule has 104 valence electrons. The van der Waals surface area contributed by atoms with Crippen molar-refractivity contribution in [1.82, 2.24) is 9.55 Å². The Labute approximate surface area is 125 Å². The van der Waals surface area contributed by atoms with Crippen LogP contribution in [0.15, 0.2) is 39.9 Å². The first-order valence-electron chi connectivity index (χ1n) is 6.58. The van der Waals surface area contributed by atoms with Gasteiger partial charge in [0.2, 0.25) is 0 Å². The number of rotatable bonds is 3. The van der Waals surface area contributed by atoms with Gasteiger partial charge < -0.3 is 4.74 Å². The van der Waals surface area contributed by atoms with Gasteiger partial charge in [0.1, 0.15) is 11.3 Å². The molecule has 0 bridgehead atoms. The predicted molar refractivity (Wildman–Crippen MR) is 82.1 cm³/mol. The van der Waals surface area contributed by atoms with Crippen LogP contribution in [0.2, 0.25) is 0 Å². The van der Waals surface area contributed by atoms with E-state index in [1.165, 1.54) is 0 Å². The van der Waals surface area contributed by atoms with Crippen molar-refractivity contribution in [3.8, 4) is 5.75 Å². The zero-order chi connectivity index (χ0) is 14.1. The molecule has 0 N–H and O–H groups in total. The van der Waals surface area contributed by atoms with Crippen LogP contribution in [0.1, 0.15) is 12.8 Å². The summed E-state index contributed by atoms with van der Waals surface area (Å²) < 4.78 is 7.79. The molecule has 4 nitrogen and oxygen atoms in total. The fourth-order valence-corrected chi connectivity index (χ4v) is 3.03. The molecular formula is C15H15BrN2O2. The van der Waals surface area contributed by atoms with E-state index in [1.54, 1.807) is 24.1 Å². The van der Waals surface area contributed by atoms with Gasteiger partial charge in [0.05, 0.1) is 18.8 Å². The molecule has 1 atom stereocenters. The van der Waals surface area contributed by atoms with E-state index >= 15 is 0 Å². The number of hydrogen-bond donors (Lipinski definition) is 0. The standard InChI is InChI=1S/C15H15BrN2O2/c1-20-13-7-11(16)6-12-14(13)17-9-18(15(12)19)8-10-4-2-3-5-10/h2,4,6-7,9-10H,3,5,8H2,1H3. The lowest BCUT2D eigenvalue weighted by Gasteiger charge is -2.12. The van der Waals surface area contributed by atoms with Crippen molar-refractivity contribution >= 4 is 26.8 Å². The van der Waals surface area contributed by atoms with Crippen molar-refractivity contribution < 1.29 is 4.74 Å². The summed E-state index contributed by atoms with van der Waals surface area (Å²) >= 11 is 3.40. The molecule has 1 aromatic carbocycles. The van der Waals surface area contributed by atoms with Crippen LogP contribution in [-0.4, -0.2) is 16.7 Å². The molecule has 5 heteroatoms. The van der Waals surface area contributed by atoms with Crippen molar-refractivity contribution in [2.24, 2.45) is 5.92 Å². The summed E-state index contributed by atoms with van der Waals surface area (Å²) in [5, 5.41) is 0.584. The summed E-state index contributed by atoms with van der Waals surface area (Å²) in [4.78, 5) is 16.9. The minimum absolute atomic E-state index is 0.0186. The van der Waals surface area contributed by atoms with Crippen LogP contribution in [0.3, 0.4) is 0 Å². The lowest BCUT2D eigenvalue weighted by Crippen LogP contribution is -2.23. The predicted octanol–water partition coefficient (Wildman–Crippen LogP) is 3.13. The van der Waals surface area contributed by atoms with Crippen LogP contribution < -0.4 is 10.3 Å². The van der Waals surface area contributed by atoms with Crippen LogP contribution >= 0.6 is 15.9 Å². The molecule has 1 aliphatic rings.